The lowest BCUT2D eigenvalue weighted by molar-refractivity contribution is 0.0618. The lowest BCUT2D eigenvalue weighted by Crippen LogP contribution is -2.57. The molecule has 1 aliphatic heterocycles. The summed E-state index contributed by atoms with van der Waals surface area (Å²) >= 11 is 1.94. The fourth-order valence-corrected chi connectivity index (χ4v) is 3.65. The second-order valence-corrected chi connectivity index (χ2v) is 7.68. The number of nitrogens with one attached hydrogen (secondary N) is 1. The summed E-state index contributed by atoms with van der Waals surface area (Å²) in [5.74, 6) is 0. The van der Waals surface area contributed by atoms with Crippen molar-refractivity contribution in [3.63, 3.8) is 0 Å². The van der Waals surface area contributed by atoms with Crippen molar-refractivity contribution in [3.8, 4) is 0 Å². The molecule has 0 atom stereocenters. The van der Waals surface area contributed by atoms with Gasteiger partial charge in [-0.25, -0.2) is 0 Å². The molecule has 1 aliphatic rings. The first-order valence-corrected chi connectivity index (χ1v) is 8.55. The van der Waals surface area contributed by atoms with E-state index in [4.69, 9.17) is 0 Å². The molecule has 4 heteroatoms. The Morgan fingerprint density at radius 3 is 2.40 bits per heavy atom. The summed E-state index contributed by atoms with van der Waals surface area (Å²) in [5.41, 5.74) is 0.242. The van der Waals surface area contributed by atoms with Crippen LogP contribution in [0.1, 0.15) is 30.5 Å². The van der Waals surface area contributed by atoms with Gasteiger partial charge in [0, 0.05) is 54.6 Å². The highest BCUT2D eigenvalue weighted by molar-refractivity contribution is 7.11. The van der Waals surface area contributed by atoms with Crippen LogP contribution in [0.3, 0.4) is 0 Å². The maximum absolute atomic E-state index is 3.64. The summed E-state index contributed by atoms with van der Waals surface area (Å²) in [4.78, 5) is 7.97. The summed E-state index contributed by atoms with van der Waals surface area (Å²) in [6, 6.07) is 4.52. The molecule has 1 aromatic heterocycles. The molecule has 0 saturated carbocycles. The Morgan fingerprint density at radius 1 is 1.15 bits per heavy atom. The highest BCUT2D eigenvalue weighted by atomic mass is 32.1. The third-order valence-electron chi connectivity index (χ3n) is 4.28. The van der Waals surface area contributed by atoms with Crippen LogP contribution in [0.15, 0.2) is 12.1 Å². The minimum atomic E-state index is 0.242. The fraction of sp³-hybridized carbons (Fsp3) is 0.750. The van der Waals surface area contributed by atoms with Crippen molar-refractivity contribution in [2.45, 2.75) is 39.3 Å². The molecule has 0 aromatic carbocycles. The second kappa shape index (κ2) is 7.03. The molecular weight excluding hydrogens is 266 g/mol. The van der Waals surface area contributed by atoms with Crippen LogP contribution in [0.2, 0.25) is 0 Å². The van der Waals surface area contributed by atoms with Gasteiger partial charge >= 0.3 is 0 Å². The first kappa shape index (κ1) is 16.0. The monoisotopic (exact) mass is 295 g/mol. The number of likely N-dealkylation sites (N-methyl/N-ethyl adjacent to an activating group) is 1. The predicted octanol–water partition coefficient (Wildman–Crippen LogP) is 2.43. The summed E-state index contributed by atoms with van der Waals surface area (Å²) in [7, 11) is 2.21. The van der Waals surface area contributed by atoms with Crippen LogP contribution < -0.4 is 5.32 Å². The van der Waals surface area contributed by atoms with E-state index in [2.05, 4.69) is 55.1 Å². The van der Waals surface area contributed by atoms with Crippen LogP contribution in [-0.4, -0.2) is 55.1 Å². The predicted molar refractivity (Wildman–Crippen MR) is 88.6 cm³/mol. The van der Waals surface area contributed by atoms with E-state index in [1.807, 2.05) is 11.3 Å². The lowest BCUT2D eigenvalue weighted by atomic mass is 10.0. The van der Waals surface area contributed by atoms with Gasteiger partial charge in [0.25, 0.3) is 0 Å². The third kappa shape index (κ3) is 4.29. The quantitative estimate of drug-likeness (QED) is 0.869. The van der Waals surface area contributed by atoms with Gasteiger partial charge in [-0.2, -0.15) is 0 Å². The summed E-state index contributed by atoms with van der Waals surface area (Å²) < 4.78 is 0. The van der Waals surface area contributed by atoms with Crippen molar-refractivity contribution in [1.82, 2.24) is 15.1 Å². The van der Waals surface area contributed by atoms with E-state index in [9.17, 15) is 0 Å². The van der Waals surface area contributed by atoms with Crippen molar-refractivity contribution in [3.05, 3.63) is 21.9 Å². The normalized spacial score (nSPS) is 18.6. The van der Waals surface area contributed by atoms with Gasteiger partial charge in [-0.1, -0.05) is 6.92 Å². The Labute approximate surface area is 128 Å². The number of rotatable bonds is 6. The second-order valence-electron chi connectivity index (χ2n) is 6.43. The molecule has 0 aliphatic carbocycles. The molecule has 114 valence electrons. The molecule has 20 heavy (non-hydrogen) atoms. The van der Waals surface area contributed by atoms with Crippen LogP contribution in [0.5, 0.6) is 0 Å². The van der Waals surface area contributed by atoms with Gasteiger partial charge in [0.15, 0.2) is 0 Å². The van der Waals surface area contributed by atoms with Crippen LogP contribution in [-0.2, 0) is 13.0 Å². The molecule has 3 nitrogen and oxygen atoms in total. The molecule has 1 saturated heterocycles. The molecule has 0 bridgehead atoms. The zero-order chi connectivity index (χ0) is 14.6. The molecular formula is C16H29N3S. The van der Waals surface area contributed by atoms with Gasteiger partial charge in [-0.3, -0.25) is 4.90 Å². The van der Waals surface area contributed by atoms with Crippen molar-refractivity contribution in [2.75, 3.05) is 39.8 Å². The lowest BCUT2D eigenvalue weighted by Gasteiger charge is -2.43. The van der Waals surface area contributed by atoms with Crippen molar-refractivity contribution < 1.29 is 0 Å². The maximum atomic E-state index is 3.64. The zero-order valence-electron chi connectivity index (χ0n) is 13.4. The van der Waals surface area contributed by atoms with Crippen molar-refractivity contribution in [2.24, 2.45) is 0 Å². The Morgan fingerprint density at radius 2 is 1.80 bits per heavy atom. The standard InChI is InChI=1S/C16H29N3S/c1-5-14-6-7-15(20-14)12-17-13-16(2,3)19-10-8-18(4)9-11-19/h6-7,17H,5,8-13H2,1-4H3. The van der Waals surface area contributed by atoms with Gasteiger partial charge in [-0.15, -0.1) is 11.3 Å². The van der Waals surface area contributed by atoms with Crippen LogP contribution in [0.25, 0.3) is 0 Å². The molecule has 1 fully saturated rings. The minimum Gasteiger partial charge on any atom is -0.310 e. The summed E-state index contributed by atoms with van der Waals surface area (Å²) in [6.07, 6.45) is 1.15. The van der Waals surface area contributed by atoms with E-state index in [1.165, 1.54) is 35.9 Å². The molecule has 2 heterocycles. The Kier molecular flexibility index (Phi) is 5.61. The molecule has 1 N–H and O–H groups in total. The molecule has 0 radical (unpaired) electrons. The molecule has 0 unspecified atom stereocenters. The van der Waals surface area contributed by atoms with Crippen LogP contribution >= 0.6 is 11.3 Å². The van der Waals surface area contributed by atoms with E-state index < -0.39 is 0 Å². The number of hydrogen-bond donors (Lipinski definition) is 1. The Bertz CT molecular complexity index is 406. The molecule has 2 rings (SSSR count). The SMILES string of the molecule is CCc1ccc(CNCC(C)(C)N2CCN(C)CC2)s1. The van der Waals surface area contributed by atoms with Gasteiger partial charge in [-0.05, 0) is 39.4 Å². The third-order valence-corrected chi connectivity index (χ3v) is 5.51. The van der Waals surface area contributed by atoms with Gasteiger partial charge in [0.05, 0.1) is 0 Å². The topological polar surface area (TPSA) is 18.5 Å². The van der Waals surface area contributed by atoms with Gasteiger partial charge in [0.2, 0.25) is 0 Å². The average molecular weight is 295 g/mol. The van der Waals surface area contributed by atoms with E-state index in [-0.39, 0.29) is 5.54 Å². The number of hydrogen-bond acceptors (Lipinski definition) is 4. The number of nitrogens with zero attached hydrogens (tertiary/aromatic N) is 2. The van der Waals surface area contributed by atoms with E-state index in [0.29, 0.717) is 0 Å². The largest absolute Gasteiger partial charge is 0.310 e. The summed E-state index contributed by atoms with van der Waals surface area (Å²) in [5, 5.41) is 3.64. The number of thiophene rings is 1. The van der Waals surface area contributed by atoms with Crippen LogP contribution in [0, 0.1) is 0 Å². The van der Waals surface area contributed by atoms with Crippen molar-refractivity contribution >= 4 is 11.3 Å². The molecule has 0 amide bonds. The molecule has 0 spiro atoms. The highest BCUT2D eigenvalue weighted by Gasteiger charge is 2.28. The fourth-order valence-electron chi connectivity index (χ4n) is 2.72. The van der Waals surface area contributed by atoms with E-state index >= 15 is 0 Å². The Balaban J connectivity index is 1.77. The van der Waals surface area contributed by atoms with Crippen LogP contribution in [0.4, 0.5) is 0 Å². The maximum Gasteiger partial charge on any atom is 0.0300 e. The van der Waals surface area contributed by atoms with E-state index in [0.717, 1.165) is 19.5 Å². The summed E-state index contributed by atoms with van der Waals surface area (Å²) in [6.45, 7) is 13.7. The van der Waals surface area contributed by atoms with E-state index in [1.54, 1.807) is 0 Å². The minimum absolute atomic E-state index is 0.242. The van der Waals surface area contributed by atoms with Gasteiger partial charge in [0.1, 0.15) is 0 Å². The number of aryl methyl sites for hydroxylation is 1. The number of piperazine rings is 1. The highest BCUT2D eigenvalue weighted by Crippen LogP contribution is 2.18. The molecule has 1 aromatic rings. The van der Waals surface area contributed by atoms with Gasteiger partial charge < -0.3 is 10.2 Å². The first-order chi connectivity index (χ1) is 9.51. The first-order valence-electron chi connectivity index (χ1n) is 7.73. The van der Waals surface area contributed by atoms with Crippen molar-refractivity contribution in [1.29, 1.82) is 0 Å². The smallest absolute Gasteiger partial charge is 0.0300 e. The Hall–Kier alpha value is -0.420. The zero-order valence-corrected chi connectivity index (χ0v) is 14.2. The average Bonchev–Trinajstić information content (AvgIpc) is 2.87.